The van der Waals surface area contributed by atoms with Crippen LogP contribution in [0.5, 0.6) is 0 Å². The molecule has 0 fully saturated rings. The molecule has 62 valence electrons. The van der Waals surface area contributed by atoms with Crippen molar-refractivity contribution in [3.8, 4) is 0 Å². The molecule has 1 aromatic rings. The Hall–Kier alpha value is -1.11. The molecule has 1 atom stereocenters. The Labute approximate surface area is 73.1 Å². The average Bonchev–Trinajstić information content (AvgIpc) is 2.42. The summed E-state index contributed by atoms with van der Waals surface area (Å²) in [6.07, 6.45) is 6.40. The summed E-state index contributed by atoms with van der Waals surface area (Å²) in [5.74, 6) is 0.571. The molecule has 0 N–H and O–H groups in total. The van der Waals surface area contributed by atoms with Crippen LogP contribution in [0.3, 0.4) is 0 Å². The van der Waals surface area contributed by atoms with Gasteiger partial charge in [0.05, 0.1) is 0 Å². The van der Waals surface area contributed by atoms with Gasteiger partial charge in [0.1, 0.15) is 0 Å². The maximum absolute atomic E-state index is 4.33. The first-order valence-corrected chi connectivity index (χ1v) is 4.34. The standard InChI is InChI=1S/C11H13N/c1-7-4-5-10-9(3)12-6-8(2)11(7)10/h4-7H,1-3H3. The van der Waals surface area contributed by atoms with Crippen LogP contribution in [0.1, 0.15) is 35.2 Å². The Morgan fingerprint density at radius 1 is 1.33 bits per heavy atom. The van der Waals surface area contributed by atoms with E-state index < -0.39 is 0 Å². The van der Waals surface area contributed by atoms with Gasteiger partial charge in [-0.3, -0.25) is 4.98 Å². The number of nitrogens with zero attached hydrogens (tertiary/aromatic N) is 1. The molecule has 1 heteroatoms. The van der Waals surface area contributed by atoms with Gasteiger partial charge >= 0.3 is 0 Å². The van der Waals surface area contributed by atoms with Gasteiger partial charge in [-0.25, -0.2) is 0 Å². The topological polar surface area (TPSA) is 12.9 Å². The molecule has 0 radical (unpaired) electrons. The highest BCUT2D eigenvalue weighted by molar-refractivity contribution is 5.65. The van der Waals surface area contributed by atoms with Crippen LogP contribution < -0.4 is 0 Å². The van der Waals surface area contributed by atoms with Crippen molar-refractivity contribution in [3.05, 3.63) is 34.7 Å². The molecule has 0 saturated carbocycles. The van der Waals surface area contributed by atoms with E-state index in [4.69, 9.17) is 0 Å². The van der Waals surface area contributed by atoms with E-state index in [-0.39, 0.29) is 0 Å². The molecule has 0 aliphatic heterocycles. The quantitative estimate of drug-likeness (QED) is 0.567. The van der Waals surface area contributed by atoms with Crippen LogP contribution in [-0.2, 0) is 0 Å². The number of hydrogen-bond acceptors (Lipinski definition) is 1. The summed E-state index contributed by atoms with van der Waals surface area (Å²) in [6, 6.07) is 0. The maximum atomic E-state index is 4.33. The molecule has 1 nitrogen and oxygen atoms in total. The normalized spacial score (nSPS) is 19.8. The van der Waals surface area contributed by atoms with Gasteiger partial charge in [-0.2, -0.15) is 0 Å². The van der Waals surface area contributed by atoms with Gasteiger partial charge in [0.25, 0.3) is 0 Å². The minimum atomic E-state index is 0.571. The Kier molecular flexibility index (Phi) is 1.53. The number of rotatable bonds is 0. The summed E-state index contributed by atoms with van der Waals surface area (Å²) in [4.78, 5) is 4.33. The molecule has 0 bridgehead atoms. The minimum Gasteiger partial charge on any atom is -0.261 e. The van der Waals surface area contributed by atoms with Gasteiger partial charge in [-0.15, -0.1) is 0 Å². The van der Waals surface area contributed by atoms with E-state index in [2.05, 4.69) is 37.9 Å². The lowest BCUT2D eigenvalue weighted by Gasteiger charge is -2.09. The van der Waals surface area contributed by atoms with Gasteiger partial charge in [0, 0.05) is 17.8 Å². The Bertz CT molecular complexity index is 350. The van der Waals surface area contributed by atoms with Crippen LogP contribution in [0.4, 0.5) is 0 Å². The molecule has 1 aliphatic rings. The number of fused-ring (bicyclic) bond motifs is 1. The van der Waals surface area contributed by atoms with Crippen molar-refractivity contribution < 1.29 is 0 Å². The SMILES string of the molecule is Cc1cnc(C)c2c1C(C)C=C2. The van der Waals surface area contributed by atoms with Gasteiger partial charge in [-0.05, 0) is 30.5 Å². The first kappa shape index (κ1) is 7.53. The predicted molar refractivity (Wildman–Crippen MR) is 51.2 cm³/mol. The van der Waals surface area contributed by atoms with Gasteiger partial charge in [0.2, 0.25) is 0 Å². The second-order valence-corrected chi connectivity index (χ2v) is 3.50. The lowest BCUT2D eigenvalue weighted by molar-refractivity contribution is 0.956. The maximum Gasteiger partial charge on any atom is 0.0447 e. The highest BCUT2D eigenvalue weighted by atomic mass is 14.7. The monoisotopic (exact) mass is 159 g/mol. The average molecular weight is 159 g/mol. The van der Waals surface area contributed by atoms with Gasteiger partial charge < -0.3 is 0 Å². The smallest absolute Gasteiger partial charge is 0.0447 e. The zero-order chi connectivity index (χ0) is 8.72. The highest BCUT2D eigenvalue weighted by Crippen LogP contribution is 2.32. The lowest BCUT2D eigenvalue weighted by Crippen LogP contribution is -1.96. The molecule has 1 aliphatic carbocycles. The number of allylic oxidation sites excluding steroid dienone is 1. The molecule has 0 amide bonds. The molecular formula is C11H13N. The van der Waals surface area contributed by atoms with E-state index in [1.807, 2.05) is 6.20 Å². The third kappa shape index (κ3) is 0.893. The number of pyridine rings is 1. The van der Waals surface area contributed by atoms with E-state index in [9.17, 15) is 0 Å². The van der Waals surface area contributed by atoms with Gasteiger partial charge in [0.15, 0.2) is 0 Å². The Morgan fingerprint density at radius 2 is 2.08 bits per heavy atom. The summed E-state index contributed by atoms with van der Waals surface area (Å²) < 4.78 is 0. The summed E-state index contributed by atoms with van der Waals surface area (Å²) >= 11 is 0. The molecule has 12 heavy (non-hydrogen) atoms. The van der Waals surface area contributed by atoms with Crippen LogP contribution in [0.15, 0.2) is 12.3 Å². The van der Waals surface area contributed by atoms with Crippen LogP contribution in [0.2, 0.25) is 0 Å². The zero-order valence-corrected chi connectivity index (χ0v) is 7.76. The highest BCUT2D eigenvalue weighted by Gasteiger charge is 2.17. The molecule has 1 unspecified atom stereocenters. The fourth-order valence-corrected chi connectivity index (χ4v) is 1.89. The number of aromatic nitrogens is 1. The van der Waals surface area contributed by atoms with Crippen molar-refractivity contribution in [2.24, 2.45) is 0 Å². The first-order chi connectivity index (χ1) is 5.70. The fourth-order valence-electron chi connectivity index (χ4n) is 1.89. The van der Waals surface area contributed by atoms with Crippen LogP contribution >= 0.6 is 0 Å². The van der Waals surface area contributed by atoms with Crippen LogP contribution in [-0.4, -0.2) is 4.98 Å². The predicted octanol–water partition coefficient (Wildman–Crippen LogP) is 2.83. The second kappa shape index (κ2) is 2.44. The van der Waals surface area contributed by atoms with E-state index >= 15 is 0 Å². The largest absolute Gasteiger partial charge is 0.261 e. The molecule has 0 spiro atoms. The molecule has 1 aromatic heterocycles. The molecule has 0 aromatic carbocycles. The van der Waals surface area contributed by atoms with Crippen molar-refractivity contribution in [1.29, 1.82) is 0 Å². The van der Waals surface area contributed by atoms with Crippen molar-refractivity contribution >= 4 is 6.08 Å². The van der Waals surface area contributed by atoms with Crippen molar-refractivity contribution in [1.82, 2.24) is 4.98 Å². The van der Waals surface area contributed by atoms with Crippen molar-refractivity contribution in [2.75, 3.05) is 0 Å². The third-order valence-electron chi connectivity index (χ3n) is 2.56. The van der Waals surface area contributed by atoms with Crippen molar-refractivity contribution in [3.63, 3.8) is 0 Å². The number of aryl methyl sites for hydroxylation is 2. The summed E-state index contributed by atoms with van der Waals surface area (Å²) in [5, 5.41) is 0. The van der Waals surface area contributed by atoms with Crippen LogP contribution in [0.25, 0.3) is 6.08 Å². The number of hydrogen-bond donors (Lipinski definition) is 0. The second-order valence-electron chi connectivity index (χ2n) is 3.50. The van der Waals surface area contributed by atoms with E-state index in [0.717, 1.165) is 5.69 Å². The van der Waals surface area contributed by atoms with E-state index in [1.165, 1.54) is 16.7 Å². The molecule has 1 heterocycles. The molecular weight excluding hydrogens is 146 g/mol. The zero-order valence-electron chi connectivity index (χ0n) is 7.76. The Morgan fingerprint density at radius 3 is 2.75 bits per heavy atom. The van der Waals surface area contributed by atoms with Crippen LogP contribution in [0, 0.1) is 13.8 Å². The third-order valence-corrected chi connectivity index (χ3v) is 2.56. The van der Waals surface area contributed by atoms with Gasteiger partial charge in [-0.1, -0.05) is 19.1 Å². The lowest BCUT2D eigenvalue weighted by atomic mass is 9.98. The summed E-state index contributed by atoms with van der Waals surface area (Å²) in [5.41, 5.74) is 5.26. The molecule has 2 rings (SSSR count). The van der Waals surface area contributed by atoms with E-state index in [0.29, 0.717) is 5.92 Å². The molecule has 0 saturated heterocycles. The minimum absolute atomic E-state index is 0.571. The summed E-state index contributed by atoms with van der Waals surface area (Å²) in [7, 11) is 0. The fraction of sp³-hybridized carbons (Fsp3) is 0.364. The summed E-state index contributed by atoms with van der Waals surface area (Å²) in [6.45, 7) is 6.43. The van der Waals surface area contributed by atoms with Crippen molar-refractivity contribution in [2.45, 2.75) is 26.7 Å². The van der Waals surface area contributed by atoms with E-state index in [1.54, 1.807) is 0 Å². The first-order valence-electron chi connectivity index (χ1n) is 4.34. The Balaban J connectivity index is 2.71.